The summed E-state index contributed by atoms with van der Waals surface area (Å²) in [6, 6.07) is 10.4. The SMILES string of the molecule is C=CCCCOCCCC1CCC(c2ccc(C#N)cc2)CC1. The van der Waals surface area contributed by atoms with Gasteiger partial charge in [-0.3, -0.25) is 0 Å². The van der Waals surface area contributed by atoms with Gasteiger partial charge in [-0.05, 0) is 80.9 Å². The van der Waals surface area contributed by atoms with Gasteiger partial charge in [0.1, 0.15) is 0 Å². The van der Waals surface area contributed by atoms with E-state index in [4.69, 9.17) is 10.00 Å². The van der Waals surface area contributed by atoms with Gasteiger partial charge in [0.05, 0.1) is 11.6 Å². The first-order chi connectivity index (χ1) is 11.3. The molecule has 23 heavy (non-hydrogen) atoms. The van der Waals surface area contributed by atoms with Gasteiger partial charge >= 0.3 is 0 Å². The van der Waals surface area contributed by atoms with Gasteiger partial charge < -0.3 is 4.74 Å². The van der Waals surface area contributed by atoms with E-state index < -0.39 is 0 Å². The van der Waals surface area contributed by atoms with E-state index in [2.05, 4.69) is 24.8 Å². The fourth-order valence-corrected chi connectivity index (χ4v) is 3.52. The minimum Gasteiger partial charge on any atom is -0.381 e. The number of nitrogens with zero attached hydrogens (tertiary/aromatic N) is 1. The first-order valence-corrected chi connectivity index (χ1v) is 9.02. The Balaban J connectivity index is 1.60. The average Bonchev–Trinajstić information content (AvgIpc) is 2.61. The third-order valence-electron chi connectivity index (χ3n) is 4.96. The average molecular weight is 311 g/mol. The monoisotopic (exact) mass is 311 g/mol. The largest absolute Gasteiger partial charge is 0.381 e. The van der Waals surface area contributed by atoms with Crippen molar-refractivity contribution in [3.63, 3.8) is 0 Å². The van der Waals surface area contributed by atoms with E-state index in [1.54, 1.807) is 0 Å². The quantitative estimate of drug-likeness (QED) is 0.439. The van der Waals surface area contributed by atoms with E-state index >= 15 is 0 Å². The van der Waals surface area contributed by atoms with Gasteiger partial charge in [-0.1, -0.05) is 18.2 Å². The van der Waals surface area contributed by atoms with Crippen molar-refractivity contribution in [2.75, 3.05) is 13.2 Å². The number of allylic oxidation sites excluding steroid dienone is 1. The molecule has 124 valence electrons. The summed E-state index contributed by atoms with van der Waals surface area (Å²) in [7, 11) is 0. The highest BCUT2D eigenvalue weighted by Crippen LogP contribution is 2.37. The molecule has 0 aromatic heterocycles. The lowest BCUT2D eigenvalue weighted by atomic mass is 9.77. The minimum atomic E-state index is 0.689. The highest BCUT2D eigenvalue weighted by atomic mass is 16.5. The summed E-state index contributed by atoms with van der Waals surface area (Å²) in [5.74, 6) is 1.57. The number of nitriles is 1. The molecule has 0 atom stereocenters. The van der Waals surface area contributed by atoms with Crippen LogP contribution in [0.1, 0.15) is 68.4 Å². The van der Waals surface area contributed by atoms with Crippen LogP contribution >= 0.6 is 0 Å². The Morgan fingerprint density at radius 3 is 2.43 bits per heavy atom. The number of unbranched alkanes of at least 4 members (excludes halogenated alkanes) is 1. The topological polar surface area (TPSA) is 33.0 Å². The molecule has 1 aliphatic rings. The maximum atomic E-state index is 8.87. The Labute approximate surface area is 141 Å². The molecule has 0 bridgehead atoms. The van der Waals surface area contributed by atoms with Gasteiger partial charge in [0.2, 0.25) is 0 Å². The van der Waals surface area contributed by atoms with Gasteiger partial charge in [0.15, 0.2) is 0 Å². The molecule has 1 aromatic carbocycles. The van der Waals surface area contributed by atoms with Crippen molar-refractivity contribution in [1.82, 2.24) is 0 Å². The summed E-state index contributed by atoms with van der Waals surface area (Å²) in [5.41, 5.74) is 2.17. The van der Waals surface area contributed by atoms with Crippen LogP contribution < -0.4 is 0 Å². The molecule has 1 aromatic rings. The van der Waals surface area contributed by atoms with Gasteiger partial charge in [0.25, 0.3) is 0 Å². The zero-order valence-electron chi connectivity index (χ0n) is 14.2. The molecule has 0 saturated heterocycles. The lowest BCUT2D eigenvalue weighted by Gasteiger charge is -2.28. The third-order valence-corrected chi connectivity index (χ3v) is 4.96. The number of hydrogen-bond donors (Lipinski definition) is 0. The van der Waals surface area contributed by atoms with Crippen molar-refractivity contribution in [2.24, 2.45) is 5.92 Å². The summed E-state index contributed by atoms with van der Waals surface area (Å²) in [6.45, 7) is 5.50. The van der Waals surface area contributed by atoms with Gasteiger partial charge in [0, 0.05) is 13.2 Å². The van der Waals surface area contributed by atoms with Crippen LogP contribution in [-0.4, -0.2) is 13.2 Å². The van der Waals surface area contributed by atoms with Crippen LogP contribution in [0.5, 0.6) is 0 Å². The Kier molecular flexibility index (Phi) is 7.90. The van der Waals surface area contributed by atoms with Gasteiger partial charge in [-0.25, -0.2) is 0 Å². The molecular formula is C21H29NO. The van der Waals surface area contributed by atoms with Crippen LogP contribution in [0.15, 0.2) is 36.9 Å². The number of ether oxygens (including phenoxy) is 1. The number of rotatable bonds is 9. The zero-order valence-corrected chi connectivity index (χ0v) is 14.2. The molecule has 0 amide bonds. The van der Waals surface area contributed by atoms with Crippen molar-refractivity contribution in [3.8, 4) is 6.07 Å². The molecule has 0 aliphatic heterocycles. The van der Waals surface area contributed by atoms with Crippen LogP contribution in [0.3, 0.4) is 0 Å². The van der Waals surface area contributed by atoms with E-state index in [9.17, 15) is 0 Å². The molecule has 0 N–H and O–H groups in total. The molecule has 1 aliphatic carbocycles. The molecule has 1 fully saturated rings. The Bertz CT molecular complexity index is 492. The predicted octanol–water partition coefficient (Wildman–Crippen LogP) is 5.60. The summed E-state index contributed by atoms with van der Waals surface area (Å²) in [5, 5.41) is 8.87. The van der Waals surface area contributed by atoms with Crippen LogP contribution in [0.4, 0.5) is 0 Å². The van der Waals surface area contributed by atoms with Gasteiger partial charge in [-0.15, -0.1) is 6.58 Å². The third kappa shape index (κ3) is 6.20. The predicted molar refractivity (Wildman–Crippen MR) is 95.3 cm³/mol. The highest BCUT2D eigenvalue weighted by Gasteiger charge is 2.21. The van der Waals surface area contributed by atoms with Crippen molar-refractivity contribution in [2.45, 2.75) is 57.3 Å². The highest BCUT2D eigenvalue weighted by molar-refractivity contribution is 5.33. The molecule has 2 rings (SSSR count). The van der Waals surface area contributed by atoms with Crippen molar-refractivity contribution in [1.29, 1.82) is 5.26 Å². The number of hydrogen-bond acceptors (Lipinski definition) is 2. The summed E-state index contributed by atoms with van der Waals surface area (Å²) in [6.07, 6.45) is 11.9. The first-order valence-electron chi connectivity index (χ1n) is 9.02. The zero-order chi connectivity index (χ0) is 16.3. The smallest absolute Gasteiger partial charge is 0.0991 e. The van der Waals surface area contributed by atoms with Crippen LogP contribution in [-0.2, 0) is 4.74 Å². The van der Waals surface area contributed by atoms with Crippen molar-refractivity contribution >= 4 is 0 Å². The molecule has 0 radical (unpaired) electrons. The Hall–Kier alpha value is -1.59. The van der Waals surface area contributed by atoms with Crippen molar-refractivity contribution in [3.05, 3.63) is 48.0 Å². The molecule has 0 unspecified atom stereocenters. The molecule has 0 spiro atoms. The molecule has 2 heteroatoms. The van der Waals surface area contributed by atoms with E-state index in [0.717, 1.165) is 37.5 Å². The summed E-state index contributed by atoms with van der Waals surface area (Å²) >= 11 is 0. The van der Waals surface area contributed by atoms with Crippen LogP contribution in [0, 0.1) is 17.2 Å². The van der Waals surface area contributed by atoms with Crippen molar-refractivity contribution < 1.29 is 4.74 Å². The maximum absolute atomic E-state index is 8.87. The Morgan fingerprint density at radius 1 is 1.09 bits per heavy atom. The molecule has 1 saturated carbocycles. The lowest BCUT2D eigenvalue weighted by molar-refractivity contribution is 0.122. The first kappa shape index (κ1) is 17.8. The number of benzene rings is 1. The molecular weight excluding hydrogens is 282 g/mol. The molecule has 0 heterocycles. The lowest BCUT2D eigenvalue weighted by Crippen LogP contribution is -2.14. The van der Waals surface area contributed by atoms with E-state index in [1.807, 2.05) is 18.2 Å². The maximum Gasteiger partial charge on any atom is 0.0991 e. The Morgan fingerprint density at radius 2 is 1.78 bits per heavy atom. The molecule has 2 nitrogen and oxygen atoms in total. The minimum absolute atomic E-state index is 0.689. The second kappa shape index (κ2) is 10.2. The standard InChI is InChI=1S/C21H29NO/c1-2-3-4-15-23-16-5-6-18-7-11-20(12-8-18)21-13-9-19(17-22)10-14-21/h2,9-10,13-14,18,20H,1,3-8,11-12,15-16H2. The normalized spacial score (nSPS) is 20.8. The van der Waals surface area contributed by atoms with E-state index in [0.29, 0.717) is 5.92 Å². The van der Waals surface area contributed by atoms with E-state index in [1.165, 1.54) is 44.1 Å². The summed E-state index contributed by atoms with van der Waals surface area (Å²) < 4.78 is 5.66. The van der Waals surface area contributed by atoms with Gasteiger partial charge in [-0.2, -0.15) is 5.26 Å². The fourth-order valence-electron chi connectivity index (χ4n) is 3.52. The fraction of sp³-hybridized carbons (Fsp3) is 0.571. The summed E-state index contributed by atoms with van der Waals surface area (Å²) in [4.78, 5) is 0. The van der Waals surface area contributed by atoms with E-state index in [-0.39, 0.29) is 0 Å². The van der Waals surface area contributed by atoms with Crippen LogP contribution in [0.2, 0.25) is 0 Å². The second-order valence-corrected chi connectivity index (χ2v) is 6.64. The second-order valence-electron chi connectivity index (χ2n) is 6.64. The van der Waals surface area contributed by atoms with Crippen LogP contribution in [0.25, 0.3) is 0 Å².